The summed E-state index contributed by atoms with van der Waals surface area (Å²) in [7, 11) is 0. The smallest absolute Gasteiger partial charge is 0.417 e. The van der Waals surface area contributed by atoms with E-state index in [2.05, 4.69) is 15.3 Å². The number of fused-ring (bicyclic) bond motifs is 2. The van der Waals surface area contributed by atoms with Crippen molar-refractivity contribution in [3.8, 4) is 16.3 Å². The zero-order valence-electron chi connectivity index (χ0n) is 16.5. The van der Waals surface area contributed by atoms with Crippen LogP contribution < -0.4 is 10.1 Å². The SMILES string of the molecule is O=C(N[C@H]1CCOc2ccccc21)c1ccc2nc(-c3cncc(C(F)(F)F)c3)sc2c1. The Labute approximate surface area is 184 Å². The van der Waals surface area contributed by atoms with Crippen LogP contribution in [0.15, 0.2) is 60.9 Å². The van der Waals surface area contributed by atoms with Crippen molar-refractivity contribution in [2.75, 3.05) is 6.61 Å². The van der Waals surface area contributed by atoms with Crippen molar-refractivity contribution < 1.29 is 22.7 Å². The molecule has 1 N–H and O–H groups in total. The number of benzene rings is 2. The summed E-state index contributed by atoms with van der Waals surface area (Å²) in [5, 5.41) is 3.46. The molecule has 0 aliphatic carbocycles. The fraction of sp³-hybridized carbons (Fsp3) is 0.174. The van der Waals surface area contributed by atoms with E-state index in [4.69, 9.17) is 4.74 Å². The van der Waals surface area contributed by atoms with Gasteiger partial charge in [-0.25, -0.2) is 4.98 Å². The van der Waals surface area contributed by atoms with Crippen LogP contribution in [0.3, 0.4) is 0 Å². The van der Waals surface area contributed by atoms with Gasteiger partial charge in [-0.15, -0.1) is 11.3 Å². The van der Waals surface area contributed by atoms with Gasteiger partial charge in [-0.3, -0.25) is 9.78 Å². The van der Waals surface area contributed by atoms with Crippen LogP contribution in [0.5, 0.6) is 5.75 Å². The number of carbonyl (C=O) groups is 1. The van der Waals surface area contributed by atoms with Crippen LogP contribution in [-0.4, -0.2) is 22.5 Å². The van der Waals surface area contributed by atoms with E-state index in [1.165, 1.54) is 17.5 Å². The number of alkyl halides is 3. The van der Waals surface area contributed by atoms with Crippen LogP contribution in [-0.2, 0) is 6.18 Å². The van der Waals surface area contributed by atoms with Crippen molar-refractivity contribution in [3.63, 3.8) is 0 Å². The third-order valence-electron chi connectivity index (χ3n) is 5.23. The predicted molar refractivity (Wildman–Crippen MR) is 115 cm³/mol. The number of carbonyl (C=O) groups excluding carboxylic acids is 1. The molecule has 1 atom stereocenters. The first-order chi connectivity index (χ1) is 15.4. The van der Waals surface area contributed by atoms with E-state index in [9.17, 15) is 18.0 Å². The highest BCUT2D eigenvalue weighted by atomic mass is 32.1. The molecule has 0 radical (unpaired) electrons. The van der Waals surface area contributed by atoms with Gasteiger partial charge < -0.3 is 10.1 Å². The molecule has 9 heteroatoms. The Balaban J connectivity index is 1.41. The van der Waals surface area contributed by atoms with Gasteiger partial charge in [0.15, 0.2) is 0 Å². The number of para-hydroxylation sites is 1. The summed E-state index contributed by atoms with van der Waals surface area (Å²) in [6.07, 6.45) is -1.68. The van der Waals surface area contributed by atoms with Gasteiger partial charge in [0.05, 0.1) is 28.4 Å². The Morgan fingerprint density at radius 3 is 2.81 bits per heavy atom. The lowest BCUT2D eigenvalue weighted by molar-refractivity contribution is -0.137. The summed E-state index contributed by atoms with van der Waals surface area (Å²) in [5.74, 6) is 0.533. The van der Waals surface area contributed by atoms with Gasteiger partial charge in [-0.1, -0.05) is 18.2 Å². The molecule has 4 aromatic rings. The Hall–Kier alpha value is -3.46. The van der Waals surface area contributed by atoms with Gasteiger partial charge in [0, 0.05) is 35.5 Å². The Kier molecular flexibility index (Phi) is 5.05. The second-order valence-electron chi connectivity index (χ2n) is 7.36. The fourth-order valence-corrected chi connectivity index (χ4v) is 4.62. The maximum absolute atomic E-state index is 13.0. The van der Waals surface area contributed by atoms with Crippen molar-refractivity contribution in [1.82, 2.24) is 15.3 Å². The fourth-order valence-electron chi connectivity index (χ4n) is 3.63. The minimum absolute atomic E-state index is 0.156. The molecule has 5 rings (SSSR count). The molecular weight excluding hydrogens is 439 g/mol. The number of hydrogen-bond acceptors (Lipinski definition) is 5. The monoisotopic (exact) mass is 455 g/mol. The van der Waals surface area contributed by atoms with E-state index >= 15 is 0 Å². The number of amides is 1. The number of pyridine rings is 1. The minimum Gasteiger partial charge on any atom is -0.493 e. The molecule has 2 aromatic carbocycles. The number of thiazole rings is 1. The molecule has 32 heavy (non-hydrogen) atoms. The Morgan fingerprint density at radius 2 is 1.97 bits per heavy atom. The first-order valence-corrected chi connectivity index (χ1v) is 10.7. The van der Waals surface area contributed by atoms with Crippen molar-refractivity contribution in [3.05, 3.63) is 77.6 Å². The van der Waals surface area contributed by atoms with Gasteiger partial charge in [-0.2, -0.15) is 13.2 Å². The van der Waals surface area contributed by atoms with Gasteiger partial charge in [0.25, 0.3) is 5.91 Å². The lowest BCUT2D eigenvalue weighted by Gasteiger charge is -2.26. The summed E-state index contributed by atoms with van der Waals surface area (Å²) in [6.45, 7) is 0.518. The second-order valence-corrected chi connectivity index (χ2v) is 8.39. The van der Waals surface area contributed by atoms with E-state index in [0.29, 0.717) is 33.8 Å². The summed E-state index contributed by atoms with van der Waals surface area (Å²) in [5.41, 5.74) is 1.46. The van der Waals surface area contributed by atoms with E-state index in [1.807, 2.05) is 24.3 Å². The Bertz CT molecular complexity index is 1320. The zero-order valence-corrected chi connectivity index (χ0v) is 17.3. The number of halogens is 3. The lowest BCUT2D eigenvalue weighted by atomic mass is 10.00. The molecule has 5 nitrogen and oxygen atoms in total. The standard InChI is InChI=1S/C23H16F3N3O2S/c24-23(25,26)15-9-14(11-27-12-15)22-29-18-6-5-13(10-20(18)32-22)21(30)28-17-7-8-31-19-4-2-1-3-16(17)19/h1-6,9-12,17H,7-8H2,(H,28,30)/t17-/m0/s1. The van der Waals surface area contributed by atoms with Crippen molar-refractivity contribution in [2.45, 2.75) is 18.6 Å². The van der Waals surface area contributed by atoms with E-state index < -0.39 is 11.7 Å². The molecule has 0 saturated carbocycles. The molecule has 0 bridgehead atoms. The number of rotatable bonds is 3. The third-order valence-corrected chi connectivity index (χ3v) is 6.29. The molecule has 1 amide bonds. The molecule has 0 saturated heterocycles. The summed E-state index contributed by atoms with van der Waals surface area (Å²) >= 11 is 1.22. The molecular formula is C23H16F3N3O2S. The summed E-state index contributed by atoms with van der Waals surface area (Å²) in [6, 6.07) is 13.5. The molecule has 0 unspecified atom stereocenters. The maximum Gasteiger partial charge on any atom is 0.417 e. The third kappa shape index (κ3) is 3.91. The largest absolute Gasteiger partial charge is 0.493 e. The summed E-state index contributed by atoms with van der Waals surface area (Å²) < 4.78 is 45.4. The molecule has 0 spiro atoms. The Morgan fingerprint density at radius 1 is 1.12 bits per heavy atom. The molecule has 162 valence electrons. The second kappa shape index (κ2) is 7.90. The first kappa shape index (κ1) is 20.4. The molecule has 1 aliphatic rings. The van der Waals surface area contributed by atoms with Gasteiger partial charge in [0.1, 0.15) is 10.8 Å². The van der Waals surface area contributed by atoms with Crippen LogP contribution in [0.25, 0.3) is 20.8 Å². The average Bonchev–Trinajstić information content (AvgIpc) is 3.22. The van der Waals surface area contributed by atoms with Crippen molar-refractivity contribution >= 4 is 27.5 Å². The van der Waals surface area contributed by atoms with Crippen LogP contribution in [0, 0.1) is 0 Å². The van der Waals surface area contributed by atoms with Crippen LogP contribution in [0.2, 0.25) is 0 Å². The lowest BCUT2D eigenvalue weighted by Crippen LogP contribution is -2.32. The average molecular weight is 455 g/mol. The first-order valence-electron chi connectivity index (χ1n) is 9.84. The molecule has 2 aromatic heterocycles. The van der Waals surface area contributed by atoms with Gasteiger partial charge in [0.2, 0.25) is 0 Å². The molecule has 3 heterocycles. The quantitative estimate of drug-likeness (QED) is 0.435. The van der Waals surface area contributed by atoms with Crippen LogP contribution in [0.1, 0.15) is 33.9 Å². The van der Waals surface area contributed by atoms with E-state index in [1.54, 1.807) is 18.2 Å². The van der Waals surface area contributed by atoms with Crippen LogP contribution in [0.4, 0.5) is 13.2 Å². The normalized spacial score (nSPS) is 15.8. The maximum atomic E-state index is 13.0. The molecule has 1 aliphatic heterocycles. The minimum atomic E-state index is -4.48. The van der Waals surface area contributed by atoms with E-state index in [0.717, 1.165) is 23.6 Å². The predicted octanol–water partition coefficient (Wildman–Crippen LogP) is 5.63. The highest BCUT2D eigenvalue weighted by Gasteiger charge is 2.31. The number of ether oxygens (including phenoxy) is 1. The highest BCUT2D eigenvalue weighted by Crippen LogP contribution is 2.35. The summed E-state index contributed by atoms with van der Waals surface area (Å²) in [4.78, 5) is 21.0. The van der Waals surface area contributed by atoms with Gasteiger partial charge >= 0.3 is 6.18 Å². The number of aromatic nitrogens is 2. The van der Waals surface area contributed by atoms with Crippen molar-refractivity contribution in [1.29, 1.82) is 0 Å². The highest BCUT2D eigenvalue weighted by molar-refractivity contribution is 7.21. The number of nitrogens with zero attached hydrogens (tertiary/aromatic N) is 2. The number of hydrogen-bond donors (Lipinski definition) is 1. The van der Waals surface area contributed by atoms with Crippen LogP contribution >= 0.6 is 11.3 Å². The van der Waals surface area contributed by atoms with E-state index in [-0.39, 0.29) is 17.5 Å². The van der Waals surface area contributed by atoms with Gasteiger partial charge in [-0.05, 0) is 30.3 Å². The topological polar surface area (TPSA) is 64.1 Å². The van der Waals surface area contributed by atoms with Crippen molar-refractivity contribution in [2.24, 2.45) is 0 Å². The number of nitrogens with one attached hydrogen (secondary N) is 1. The molecule has 0 fully saturated rings. The zero-order chi connectivity index (χ0) is 22.3.